The molecule has 6 heteroatoms. The molecule has 4 rings (SSSR count). The van der Waals surface area contributed by atoms with Crippen LogP contribution in [0.25, 0.3) is 5.69 Å². The van der Waals surface area contributed by atoms with Gasteiger partial charge < -0.3 is 0 Å². The van der Waals surface area contributed by atoms with Gasteiger partial charge in [0, 0.05) is 16.1 Å². The normalized spacial score (nSPS) is 13.1. The fourth-order valence-electron chi connectivity index (χ4n) is 2.62. The summed E-state index contributed by atoms with van der Waals surface area (Å²) in [7, 11) is 0. The molecule has 0 radical (unpaired) electrons. The predicted molar refractivity (Wildman–Crippen MR) is 87.2 cm³/mol. The summed E-state index contributed by atoms with van der Waals surface area (Å²) in [5, 5.41) is 9.04. The highest BCUT2D eigenvalue weighted by atomic mass is 35.5. The Hall–Kier alpha value is -2.17. The van der Waals surface area contributed by atoms with Gasteiger partial charge in [0.2, 0.25) is 5.28 Å². The van der Waals surface area contributed by atoms with Crippen molar-refractivity contribution in [2.24, 2.45) is 4.99 Å². The van der Waals surface area contributed by atoms with Gasteiger partial charge >= 0.3 is 0 Å². The number of aromatic nitrogens is 3. The standard InChI is InChI=1S/C16H10Cl2N4/c17-12-7-3-1-5-10(12)15-11-6-2-4-8-13(11)22-14(9-19-15)20-21-16(22)18/h1-8H,9H2. The van der Waals surface area contributed by atoms with Crippen LogP contribution in [0.5, 0.6) is 0 Å². The van der Waals surface area contributed by atoms with Gasteiger partial charge in [-0.2, -0.15) is 0 Å². The zero-order chi connectivity index (χ0) is 15.1. The van der Waals surface area contributed by atoms with Crippen LogP contribution in [-0.4, -0.2) is 20.5 Å². The summed E-state index contributed by atoms with van der Waals surface area (Å²) in [4.78, 5) is 4.70. The fourth-order valence-corrected chi connectivity index (χ4v) is 3.07. The van der Waals surface area contributed by atoms with E-state index in [1.807, 2.05) is 53.1 Å². The van der Waals surface area contributed by atoms with Gasteiger partial charge in [0.05, 0.1) is 11.4 Å². The van der Waals surface area contributed by atoms with Crippen molar-refractivity contribution in [2.75, 3.05) is 0 Å². The van der Waals surface area contributed by atoms with Crippen molar-refractivity contribution in [3.8, 4) is 5.69 Å². The minimum absolute atomic E-state index is 0.332. The minimum atomic E-state index is 0.332. The van der Waals surface area contributed by atoms with Gasteiger partial charge in [-0.3, -0.25) is 9.56 Å². The van der Waals surface area contributed by atoms with E-state index in [9.17, 15) is 0 Å². The molecule has 0 aliphatic carbocycles. The SMILES string of the molecule is Clc1ccccc1C1=NCc2nnc(Cl)n2-c2ccccc21. The average Bonchev–Trinajstić information content (AvgIpc) is 2.82. The molecule has 0 amide bonds. The van der Waals surface area contributed by atoms with E-state index in [1.54, 1.807) is 0 Å². The monoisotopic (exact) mass is 328 g/mol. The number of aliphatic imine (C=N–C) groups is 1. The van der Waals surface area contributed by atoms with Crippen LogP contribution in [0.2, 0.25) is 10.3 Å². The third kappa shape index (κ3) is 2.03. The highest BCUT2D eigenvalue weighted by Crippen LogP contribution is 2.29. The first-order valence-corrected chi connectivity index (χ1v) is 7.50. The number of hydrogen-bond acceptors (Lipinski definition) is 3. The van der Waals surface area contributed by atoms with Crippen molar-refractivity contribution >= 4 is 28.9 Å². The summed E-state index contributed by atoms with van der Waals surface area (Å²) in [6, 6.07) is 15.6. The fraction of sp³-hybridized carbons (Fsp3) is 0.0625. The van der Waals surface area contributed by atoms with E-state index in [1.165, 1.54) is 0 Å². The van der Waals surface area contributed by atoms with Crippen LogP contribution in [-0.2, 0) is 6.54 Å². The molecule has 108 valence electrons. The highest BCUT2D eigenvalue weighted by molar-refractivity contribution is 6.35. The van der Waals surface area contributed by atoms with E-state index >= 15 is 0 Å². The van der Waals surface area contributed by atoms with E-state index in [4.69, 9.17) is 28.2 Å². The van der Waals surface area contributed by atoms with E-state index in [2.05, 4.69) is 10.2 Å². The lowest BCUT2D eigenvalue weighted by Gasteiger charge is -2.12. The van der Waals surface area contributed by atoms with Gasteiger partial charge in [-0.1, -0.05) is 48.0 Å². The number of halogens is 2. The Morgan fingerprint density at radius 3 is 2.41 bits per heavy atom. The Morgan fingerprint density at radius 2 is 1.59 bits per heavy atom. The zero-order valence-electron chi connectivity index (χ0n) is 11.4. The Bertz CT molecular complexity index is 899. The lowest BCUT2D eigenvalue weighted by Crippen LogP contribution is -2.07. The third-order valence-electron chi connectivity index (χ3n) is 3.60. The van der Waals surface area contributed by atoms with Gasteiger partial charge in [-0.05, 0) is 23.7 Å². The summed E-state index contributed by atoms with van der Waals surface area (Å²) in [6.45, 7) is 0.398. The van der Waals surface area contributed by atoms with Crippen molar-refractivity contribution < 1.29 is 0 Å². The second-order valence-electron chi connectivity index (χ2n) is 4.88. The molecule has 0 spiro atoms. The zero-order valence-corrected chi connectivity index (χ0v) is 12.9. The second kappa shape index (κ2) is 5.23. The number of rotatable bonds is 1. The Morgan fingerprint density at radius 1 is 0.864 bits per heavy atom. The molecule has 2 heterocycles. The maximum atomic E-state index is 6.35. The van der Waals surface area contributed by atoms with Gasteiger partial charge in [-0.25, -0.2) is 0 Å². The molecule has 1 aromatic heterocycles. The molecule has 1 aliphatic rings. The molecule has 0 N–H and O–H groups in total. The molecular weight excluding hydrogens is 319 g/mol. The molecule has 1 aliphatic heterocycles. The number of nitrogens with zero attached hydrogens (tertiary/aromatic N) is 4. The summed E-state index contributed by atoms with van der Waals surface area (Å²) in [6.07, 6.45) is 0. The molecular formula is C16H10Cl2N4. The molecule has 3 aromatic rings. The Kier molecular flexibility index (Phi) is 3.21. The van der Waals surface area contributed by atoms with Gasteiger partial charge in [0.25, 0.3) is 0 Å². The van der Waals surface area contributed by atoms with Gasteiger partial charge in [0.1, 0.15) is 6.54 Å². The second-order valence-corrected chi connectivity index (χ2v) is 5.63. The lowest BCUT2D eigenvalue weighted by molar-refractivity contribution is 0.870. The van der Waals surface area contributed by atoms with Crippen LogP contribution in [0.1, 0.15) is 17.0 Å². The molecule has 0 unspecified atom stereocenters. The maximum absolute atomic E-state index is 6.35. The topological polar surface area (TPSA) is 43.1 Å². The molecule has 4 nitrogen and oxygen atoms in total. The highest BCUT2D eigenvalue weighted by Gasteiger charge is 2.22. The van der Waals surface area contributed by atoms with Crippen molar-refractivity contribution in [3.05, 3.63) is 75.8 Å². The van der Waals surface area contributed by atoms with E-state index in [-0.39, 0.29) is 0 Å². The number of fused-ring (bicyclic) bond motifs is 3. The quantitative estimate of drug-likeness (QED) is 0.679. The first-order valence-electron chi connectivity index (χ1n) is 6.74. The smallest absolute Gasteiger partial charge is 0.229 e. The summed E-state index contributed by atoms with van der Waals surface area (Å²) in [5.74, 6) is 0.708. The molecule has 0 saturated carbocycles. The summed E-state index contributed by atoms with van der Waals surface area (Å²) in [5.41, 5.74) is 3.59. The molecule has 22 heavy (non-hydrogen) atoms. The van der Waals surface area contributed by atoms with E-state index in [0.717, 1.165) is 22.5 Å². The number of para-hydroxylation sites is 1. The van der Waals surface area contributed by atoms with Crippen molar-refractivity contribution in [1.29, 1.82) is 0 Å². The van der Waals surface area contributed by atoms with Crippen LogP contribution in [0.3, 0.4) is 0 Å². The molecule has 0 atom stereocenters. The molecule has 0 saturated heterocycles. The summed E-state index contributed by atoms with van der Waals surface area (Å²) >= 11 is 12.5. The first-order chi connectivity index (χ1) is 10.8. The lowest BCUT2D eigenvalue weighted by atomic mass is 10.0. The molecule has 0 fully saturated rings. The van der Waals surface area contributed by atoms with Crippen LogP contribution in [0.4, 0.5) is 0 Å². The van der Waals surface area contributed by atoms with Crippen LogP contribution < -0.4 is 0 Å². The molecule has 0 bridgehead atoms. The molecule has 2 aromatic carbocycles. The first kappa shape index (κ1) is 13.5. The van der Waals surface area contributed by atoms with Crippen molar-refractivity contribution in [2.45, 2.75) is 6.54 Å². The predicted octanol–water partition coefficient (Wildman–Crippen LogP) is 3.93. The Labute approximate surface area is 137 Å². The number of benzene rings is 2. The maximum Gasteiger partial charge on any atom is 0.229 e. The van der Waals surface area contributed by atoms with Crippen molar-refractivity contribution in [1.82, 2.24) is 14.8 Å². The van der Waals surface area contributed by atoms with Crippen LogP contribution >= 0.6 is 23.2 Å². The minimum Gasteiger partial charge on any atom is -0.276 e. The van der Waals surface area contributed by atoms with E-state index in [0.29, 0.717) is 22.7 Å². The van der Waals surface area contributed by atoms with Crippen molar-refractivity contribution in [3.63, 3.8) is 0 Å². The number of hydrogen-bond donors (Lipinski definition) is 0. The van der Waals surface area contributed by atoms with Crippen LogP contribution in [0, 0.1) is 0 Å². The largest absolute Gasteiger partial charge is 0.276 e. The summed E-state index contributed by atoms with van der Waals surface area (Å²) < 4.78 is 1.82. The van der Waals surface area contributed by atoms with Gasteiger partial charge in [0.15, 0.2) is 5.82 Å². The Balaban J connectivity index is 2.01. The third-order valence-corrected chi connectivity index (χ3v) is 4.17. The van der Waals surface area contributed by atoms with E-state index < -0.39 is 0 Å². The van der Waals surface area contributed by atoms with Gasteiger partial charge in [-0.15, -0.1) is 10.2 Å². The van der Waals surface area contributed by atoms with Crippen LogP contribution in [0.15, 0.2) is 53.5 Å². The average molecular weight is 329 g/mol.